The summed E-state index contributed by atoms with van der Waals surface area (Å²) in [6.45, 7) is 2.19. The highest BCUT2D eigenvalue weighted by Crippen LogP contribution is 2.08. The topological polar surface area (TPSA) is 66.8 Å². The van der Waals surface area contributed by atoms with Crippen molar-refractivity contribution < 1.29 is 20.0 Å². The molecule has 22 heavy (non-hydrogen) atoms. The van der Waals surface area contributed by atoms with Crippen molar-refractivity contribution in [1.82, 2.24) is 0 Å². The van der Waals surface area contributed by atoms with Gasteiger partial charge in [0.15, 0.2) is 0 Å². The van der Waals surface area contributed by atoms with E-state index < -0.39 is 5.97 Å². The lowest BCUT2D eigenvalue weighted by Gasteiger charge is -1.99. The van der Waals surface area contributed by atoms with Crippen molar-refractivity contribution >= 4 is 5.97 Å². The molecule has 0 aliphatic carbocycles. The highest BCUT2D eigenvalue weighted by molar-refractivity contribution is 5.66. The molecule has 0 spiro atoms. The molecule has 0 fully saturated rings. The third kappa shape index (κ3) is 14.9. The van der Waals surface area contributed by atoms with E-state index in [1.807, 2.05) is 18.2 Å². The molecule has 0 unspecified atom stereocenters. The van der Waals surface area contributed by atoms with Crippen molar-refractivity contribution in [3.63, 3.8) is 0 Å². The number of carboxylic acids is 1. The normalized spacial score (nSPS) is 12.4. The first-order valence-electron chi connectivity index (χ1n) is 8.23. The number of carboxylic acid groups (broad SMARTS) is 1. The molecule has 2 N–H and O–H groups in total. The van der Waals surface area contributed by atoms with Gasteiger partial charge in [-0.2, -0.15) is 0 Å². The summed E-state index contributed by atoms with van der Waals surface area (Å²) in [7, 11) is 0. The fourth-order valence-corrected chi connectivity index (χ4v) is 1.94. The third-order valence-electron chi connectivity index (χ3n) is 3.24. The lowest BCUT2D eigenvalue weighted by atomic mass is 10.1. The number of carbonyl (C=O) groups is 1. The molecule has 126 valence electrons. The van der Waals surface area contributed by atoms with Crippen molar-refractivity contribution in [2.24, 2.45) is 0 Å². The Morgan fingerprint density at radius 2 is 1.68 bits per heavy atom. The second kappa shape index (κ2) is 15.8. The van der Waals surface area contributed by atoms with Crippen molar-refractivity contribution in [2.45, 2.75) is 71.1 Å². The molecule has 0 saturated carbocycles. The highest BCUT2D eigenvalue weighted by atomic mass is 17.1. The van der Waals surface area contributed by atoms with Crippen LogP contribution in [0, 0.1) is 0 Å². The molecule has 0 saturated heterocycles. The first kappa shape index (κ1) is 20.5. The molecule has 0 rings (SSSR count). The van der Waals surface area contributed by atoms with Gasteiger partial charge in [-0.15, -0.1) is 0 Å². The minimum Gasteiger partial charge on any atom is -0.481 e. The van der Waals surface area contributed by atoms with Gasteiger partial charge in [0, 0.05) is 12.8 Å². The number of hydrogen-bond acceptors (Lipinski definition) is 3. The minimum atomic E-state index is -0.745. The Morgan fingerprint density at radius 1 is 1.00 bits per heavy atom. The summed E-state index contributed by atoms with van der Waals surface area (Å²) in [6, 6.07) is 0. The van der Waals surface area contributed by atoms with Gasteiger partial charge in [-0.1, -0.05) is 44.1 Å². The highest BCUT2D eigenvalue weighted by Gasteiger charge is 1.95. The van der Waals surface area contributed by atoms with E-state index >= 15 is 0 Å². The Kier molecular flexibility index (Phi) is 14.7. The van der Waals surface area contributed by atoms with Crippen LogP contribution in [0.25, 0.3) is 0 Å². The summed E-state index contributed by atoms with van der Waals surface area (Å²) < 4.78 is 0. The minimum absolute atomic E-state index is 0.226. The zero-order valence-electron chi connectivity index (χ0n) is 13.7. The number of hydrogen-bond donors (Lipinski definition) is 2. The van der Waals surface area contributed by atoms with Crippen LogP contribution >= 0.6 is 0 Å². The maximum absolute atomic E-state index is 10.3. The molecule has 0 atom stereocenters. The van der Waals surface area contributed by atoms with Crippen molar-refractivity contribution in [1.29, 1.82) is 0 Å². The van der Waals surface area contributed by atoms with Crippen LogP contribution in [-0.4, -0.2) is 16.3 Å². The van der Waals surface area contributed by atoms with E-state index in [-0.39, 0.29) is 6.42 Å². The molecule has 0 aromatic rings. The van der Waals surface area contributed by atoms with Gasteiger partial charge in [0.2, 0.25) is 0 Å². The van der Waals surface area contributed by atoms with E-state index in [9.17, 15) is 4.79 Å². The summed E-state index contributed by atoms with van der Waals surface area (Å²) in [5, 5.41) is 17.3. The Morgan fingerprint density at radius 3 is 2.32 bits per heavy atom. The summed E-state index contributed by atoms with van der Waals surface area (Å²) in [6.07, 6.45) is 18.8. The Balaban J connectivity index is 3.75. The Bertz CT molecular complexity index is 356. The molecule has 4 nitrogen and oxygen atoms in total. The van der Waals surface area contributed by atoms with Crippen LogP contribution in [0.15, 0.2) is 36.1 Å². The summed E-state index contributed by atoms with van der Waals surface area (Å²) in [5.74, 6) is -0.203. The van der Waals surface area contributed by atoms with Crippen LogP contribution in [0.3, 0.4) is 0 Å². The molecule has 0 aromatic heterocycles. The van der Waals surface area contributed by atoms with Crippen molar-refractivity contribution in [2.75, 3.05) is 0 Å². The van der Waals surface area contributed by atoms with Crippen LogP contribution in [0.5, 0.6) is 0 Å². The maximum atomic E-state index is 10.3. The summed E-state index contributed by atoms with van der Waals surface area (Å²) in [4.78, 5) is 14.7. The Labute approximate surface area is 134 Å². The molecular formula is C18H30O4. The molecule has 0 bridgehead atoms. The third-order valence-corrected chi connectivity index (χ3v) is 3.24. The first-order valence-corrected chi connectivity index (χ1v) is 8.23. The summed E-state index contributed by atoms with van der Waals surface area (Å²) >= 11 is 0. The van der Waals surface area contributed by atoms with Gasteiger partial charge in [0.05, 0.1) is 0 Å². The number of aliphatic carboxylic acids is 1. The van der Waals surface area contributed by atoms with Gasteiger partial charge in [0.25, 0.3) is 0 Å². The van der Waals surface area contributed by atoms with Crippen LogP contribution in [0.1, 0.15) is 71.1 Å². The van der Waals surface area contributed by atoms with E-state index in [1.165, 1.54) is 19.3 Å². The second-order valence-electron chi connectivity index (χ2n) is 5.28. The molecule has 0 radical (unpaired) electrons. The van der Waals surface area contributed by atoms with Crippen LogP contribution in [-0.2, 0) is 9.68 Å². The fraction of sp³-hybridized carbons (Fsp3) is 0.611. The molecule has 0 amide bonds. The predicted molar refractivity (Wildman–Crippen MR) is 89.6 cm³/mol. The maximum Gasteiger partial charge on any atom is 0.303 e. The first-order chi connectivity index (χ1) is 10.7. The van der Waals surface area contributed by atoms with Crippen molar-refractivity contribution in [3.05, 3.63) is 36.1 Å². The molecule has 0 heterocycles. The molecule has 0 aliphatic heterocycles. The van der Waals surface area contributed by atoms with E-state index in [1.54, 1.807) is 0 Å². The predicted octanol–water partition coefficient (Wildman–Crippen LogP) is 5.48. The lowest BCUT2D eigenvalue weighted by Crippen LogP contribution is -1.92. The van der Waals surface area contributed by atoms with Crippen LogP contribution in [0.4, 0.5) is 0 Å². The molecule has 0 aromatic carbocycles. The van der Waals surface area contributed by atoms with Crippen LogP contribution in [0.2, 0.25) is 0 Å². The van der Waals surface area contributed by atoms with Gasteiger partial charge in [-0.05, 0) is 44.6 Å². The quantitative estimate of drug-likeness (QED) is 0.147. The van der Waals surface area contributed by atoms with Crippen molar-refractivity contribution in [3.8, 4) is 0 Å². The number of allylic oxidation sites excluding steroid dienone is 5. The van der Waals surface area contributed by atoms with E-state index in [0.29, 0.717) is 18.6 Å². The van der Waals surface area contributed by atoms with Crippen LogP contribution < -0.4 is 0 Å². The van der Waals surface area contributed by atoms with E-state index in [4.69, 9.17) is 10.4 Å². The molecule has 4 heteroatoms. The zero-order valence-corrected chi connectivity index (χ0v) is 13.7. The largest absolute Gasteiger partial charge is 0.481 e. The SMILES string of the molecule is CCCCC/C=C\C/C=C(\C/C=C\CCCCC(=O)O)OO. The second-order valence-corrected chi connectivity index (χ2v) is 5.28. The summed E-state index contributed by atoms with van der Waals surface area (Å²) in [5.41, 5.74) is 0. The van der Waals surface area contributed by atoms with E-state index in [0.717, 1.165) is 25.7 Å². The molecule has 0 aliphatic rings. The Hall–Kier alpha value is -1.55. The van der Waals surface area contributed by atoms with Gasteiger partial charge >= 0.3 is 5.97 Å². The van der Waals surface area contributed by atoms with E-state index in [2.05, 4.69) is 24.0 Å². The number of unbranched alkanes of at least 4 members (excludes halogenated alkanes) is 5. The van der Waals surface area contributed by atoms with Gasteiger partial charge in [-0.3, -0.25) is 4.79 Å². The smallest absolute Gasteiger partial charge is 0.303 e. The fourth-order valence-electron chi connectivity index (χ4n) is 1.94. The monoisotopic (exact) mass is 310 g/mol. The number of rotatable bonds is 14. The van der Waals surface area contributed by atoms with Gasteiger partial charge in [-0.25, -0.2) is 5.26 Å². The van der Waals surface area contributed by atoms with Gasteiger partial charge in [0.1, 0.15) is 5.76 Å². The standard InChI is InChI=1S/C18H30O4/c1-2-3-4-5-6-8-11-14-17(22-21)15-12-9-7-10-13-16-18(19)20/h6,8-9,12,14,21H,2-5,7,10-11,13,15-16H2,1H3,(H,19,20)/b8-6-,12-9-,17-14+. The lowest BCUT2D eigenvalue weighted by molar-refractivity contribution is -0.204. The average Bonchev–Trinajstić information content (AvgIpc) is 2.50. The average molecular weight is 310 g/mol. The zero-order chi connectivity index (χ0) is 16.5. The van der Waals surface area contributed by atoms with Gasteiger partial charge < -0.3 is 9.99 Å². The molecular weight excluding hydrogens is 280 g/mol.